The minimum atomic E-state index is -3.21. The lowest BCUT2D eigenvalue weighted by Gasteiger charge is -2.07. The molecule has 5 nitrogen and oxygen atoms in total. The second-order valence-corrected chi connectivity index (χ2v) is 8.36. The Balaban J connectivity index is 1.74. The SMILES string of the molecule is Cc1ccc(-c2nc(CS(=O)(=O)C[C@H]3CCOC3)co2)c(C)c1. The van der Waals surface area contributed by atoms with Gasteiger partial charge in [-0.15, -0.1) is 0 Å². The average molecular weight is 335 g/mol. The van der Waals surface area contributed by atoms with Crippen molar-refractivity contribution < 1.29 is 17.6 Å². The van der Waals surface area contributed by atoms with Crippen molar-refractivity contribution in [3.05, 3.63) is 41.3 Å². The van der Waals surface area contributed by atoms with E-state index in [9.17, 15) is 8.42 Å². The van der Waals surface area contributed by atoms with Gasteiger partial charge in [0.05, 0.1) is 23.8 Å². The summed E-state index contributed by atoms with van der Waals surface area (Å²) in [7, 11) is -3.21. The Labute approximate surface area is 136 Å². The van der Waals surface area contributed by atoms with Crippen LogP contribution in [0.4, 0.5) is 0 Å². The second-order valence-electron chi connectivity index (χ2n) is 6.25. The summed E-state index contributed by atoms with van der Waals surface area (Å²) in [6.07, 6.45) is 2.25. The van der Waals surface area contributed by atoms with Crippen molar-refractivity contribution in [2.24, 2.45) is 5.92 Å². The minimum Gasteiger partial charge on any atom is -0.444 e. The molecule has 1 aromatic carbocycles. The molecule has 23 heavy (non-hydrogen) atoms. The van der Waals surface area contributed by atoms with Crippen LogP contribution in [-0.2, 0) is 20.3 Å². The Hall–Kier alpha value is -1.66. The third-order valence-electron chi connectivity index (χ3n) is 4.05. The van der Waals surface area contributed by atoms with Crippen molar-refractivity contribution in [2.75, 3.05) is 19.0 Å². The van der Waals surface area contributed by atoms with Gasteiger partial charge < -0.3 is 9.15 Å². The molecule has 1 aromatic heterocycles. The van der Waals surface area contributed by atoms with E-state index in [2.05, 4.69) is 11.1 Å². The zero-order valence-electron chi connectivity index (χ0n) is 13.4. The molecule has 0 aliphatic carbocycles. The maximum atomic E-state index is 12.3. The monoisotopic (exact) mass is 335 g/mol. The second kappa shape index (κ2) is 6.45. The summed E-state index contributed by atoms with van der Waals surface area (Å²) in [6.45, 7) is 5.20. The summed E-state index contributed by atoms with van der Waals surface area (Å²) in [6, 6.07) is 5.99. The number of nitrogens with zero attached hydrogens (tertiary/aromatic N) is 1. The number of aromatic nitrogens is 1. The number of oxazole rings is 1. The first kappa shape index (κ1) is 16.2. The Morgan fingerprint density at radius 3 is 2.83 bits per heavy atom. The molecule has 1 atom stereocenters. The van der Waals surface area contributed by atoms with E-state index in [-0.39, 0.29) is 17.4 Å². The summed E-state index contributed by atoms with van der Waals surface area (Å²) in [5.41, 5.74) is 3.58. The van der Waals surface area contributed by atoms with Gasteiger partial charge >= 0.3 is 0 Å². The summed E-state index contributed by atoms with van der Waals surface area (Å²) in [5, 5.41) is 0. The number of aryl methyl sites for hydroxylation is 2. The highest BCUT2D eigenvalue weighted by atomic mass is 32.2. The maximum Gasteiger partial charge on any atom is 0.226 e. The van der Waals surface area contributed by atoms with E-state index in [1.54, 1.807) is 0 Å². The van der Waals surface area contributed by atoms with E-state index < -0.39 is 9.84 Å². The molecule has 2 heterocycles. The molecule has 0 radical (unpaired) electrons. The molecule has 1 fully saturated rings. The van der Waals surface area contributed by atoms with Gasteiger partial charge in [-0.3, -0.25) is 0 Å². The van der Waals surface area contributed by atoms with Gasteiger partial charge in [-0.25, -0.2) is 13.4 Å². The Morgan fingerprint density at radius 2 is 2.13 bits per heavy atom. The first-order valence-electron chi connectivity index (χ1n) is 7.73. The van der Waals surface area contributed by atoms with Crippen LogP contribution < -0.4 is 0 Å². The highest BCUT2D eigenvalue weighted by molar-refractivity contribution is 7.90. The van der Waals surface area contributed by atoms with E-state index >= 15 is 0 Å². The lowest BCUT2D eigenvalue weighted by molar-refractivity contribution is 0.188. The van der Waals surface area contributed by atoms with Crippen molar-refractivity contribution in [1.82, 2.24) is 4.98 Å². The molecule has 0 spiro atoms. The molecule has 0 N–H and O–H groups in total. The molecule has 0 amide bonds. The normalized spacial score (nSPS) is 18.4. The van der Waals surface area contributed by atoms with Crippen LogP contribution in [0.5, 0.6) is 0 Å². The van der Waals surface area contributed by atoms with Crippen molar-refractivity contribution in [3.8, 4) is 11.5 Å². The molecule has 0 unspecified atom stereocenters. The Morgan fingerprint density at radius 1 is 1.30 bits per heavy atom. The van der Waals surface area contributed by atoms with Gasteiger partial charge in [-0.1, -0.05) is 17.7 Å². The maximum absolute atomic E-state index is 12.3. The fraction of sp³-hybridized carbons (Fsp3) is 0.471. The van der Waals surface area contributed by atoms with Gasteiger partial charge in [0.2, 0.25) is 5.89 Å². The van der Waals surface area contributed by atoms with E-state index in [4.69, 9.17) is 9.15 Å². The lowest BCUT2D eigenvalue weighted by atomic mass is 10.1. The zero-order valence-corrected chi connectivity index (χ0v) is 14.2. The first-order chi connectivity index (χ1) is 10.9. The minimum absolute atomic E-state index is 0.0854. The van der Waals surface area contributed by atoms with Gasteiger partial charge in [0.25, 0.3) is 0 Å². The zero-order chi connectivity index (χ0) is 16.4. The molecular weight excluding hydrogens is 314 g/mol. The summed E-state index contributed by atoms with van der Waals surface area (Å²) in [4.78, 5) is 4.35. The summed E-state index contributed by atoms with van der Waals surface area (Å²) in [5.74, 6) is 0.638. The molecule has 6 heteroatoms. The van der Waals surface area contributed by atoms with Crippen LogP contribution in [0.2, 0.25) is 0 Å². The van der Waals surface area contributed by atoms with Crippen molar-refractivity contribution in [3.63, 3.8) is 0 Å². The van der Waals surface area contributed by atoms with Crippen LogP contribution >= 0.6 is 0 Å². The predicted octanol–water partition coefficient (Wildman–Crippen LogP) is 2.91. The van der Waals surface area contributed by atoms with Crippen LogP contribution in [0.1, 0.15) is 23.2 Å². The fourth-order valence-corrected chi connectivity index (χ4v) is 4.59. The van der Waals surface area contributed by atoms with E-state index in [0.717, 1.165) is 17.5 Å². The molecule has 124 valence electrons. The lowest BCUT2D eigenvalue weighted by Crippen LogP contribution is -2.18. The third kappa shape index (κ3) is 4.00. The number of rotatable bonds is 5. The van der Waals surface area contributed by atoms with Crippen LogP contribution in [0.3, 0.4) is 0 Å². The smallest absolute Gasteiger partial charge is 0.226 e. The summed E-state index contributed by atoms with van der Waals surface area (Å²) >= 11 is 0. The molecule has 1 saturated heterocycles. The van der Waals surface area contributed by atoms with Gasteiger partial charge in [0.1, 0.15) is 6.26 Å². The Bertz CT molecular complexity index is 789. The standard InChI is InChI=1S/C17H21NO4S/c1-12-3-4-16(13(2)7-12)17-18-15(9-22-17)11-23(19,20)10-14-5-6-21-8-14/h3-4,7,9,14H,5-6,8,10-11H2,1-2H3/t14-/m0/s1. The topological polar surface area (TPSA) is 69.4 Å². The van der Waals surface area contributed by atoms with E-state index in [1.807, 2.05) is 26.0 Å². The average Bonchev–Trinajstić information content (AvgIpc) is 3.10. The largest absolute Gasteiger partial charge is 0.444 e. The number of hydrogen-bond acceptors (Lipinski definition) is 5. The first-order valence-corrected chi connectivity index (χ1v) is 9.55. The van der Waals surface area contributed by atoms with Gasteiger partial charge in [0.15, 0.2) is 9.84 Å². The quantitative estimate of drug-likeness (QED) is 0.840. The molecule has 0 bridgehead atoms. The van der Waals surface area contributed by atoms with Crippen molar-refractivity contribution >= 4 is 9.84 Å². The highest BCUT2D eigenvalue weighted by Crippen LogP contribution is 2.24. The van der Waals surface area contributed by atoms with Crippen LogP contribution in [0, 0.1) is 19.8 Å². The number of ether oxygens (including phenoxy) is 1. The Kier molecular flexibility index (Phi) is 4.55. The molecule has 1 aliphatic heterocycles. The van der Waals surface area contributed by atoms with Gasteiger partial charge in [0, 0.05) is 12.2 Å². The molecule has 3 rings (SSSR count). The van der Waals surface area contributed by atoms with E-state index in [1.165, 1.54) is 11.8 Å². The van der Waals surface area contributed by atoms with Crippen molar-refractivity contribution in [1.29, 1.82) is 0 Å². The number of benzene rings is 1. The number of sulfone groups is 1. The van der Waals surface area contributed by atoms with Crippen molar-refractivity contribution in [2.45, 2.75) is 26.0 Å². The van der Waals surface area contributed by atoms with Gasteiger partial charge in [-0.2, -0.15) is 0 Å². The molecule has 0 saturated carbocycles. The fourth-order valence-electron chi connectivity index (χ4n) is 2.91. The van der Waals surface area contributed by atoms with Crippen LogP contribution in [0.25, 0.3) is 11.5 Å². The predicted molar refractivity (Wildman–Crippen MR) is 87.8 cm³/mol. The highest BCUT2D eigenvalue weighted by Gasteiger charge is 2.24. The van der Waals surface area contributed by atoms with Gasteiger partial charge in [-0.05, 0) is 37.8 Å². The number of hydrogen-bond donors (Lipinski definition) is 0. The third-order valence-corrected chi connectivity index (χ3v) is 5.76. The van der Waals surface area contributed by atoms with E-state index in [0.29, 0.717) is 24.8 Å². The van der Waals surface area contributed by atoms with Crippen LogP contribution in [0.15, 0.2) is 28.9 Å². The summed E-state index contributed by atoms with van der Waals surface area (Å²) < 4.78 is 35.3. The molecular formula is C17H21NO4S. The molecule has 1 aliphatic rings. The van der Waals surface area contributed by atoms with Crippen LogP contribution in [-0.4, -0.2) is 32.4 Å². The molecule has 2 aromatic rings.